The number of aryl methyl sites for hydroxylation is 1. The number of aromatic nitrogens is 1. The number of carboxylic acid groups (broad SMARTS) is 1. The van der Waals surface area contributed by atoms with Gasteiger partial charge in [-0.2, -0.15) is 0 Å². The van der Waals surface area contributed by atoms with E-state index in [1.165, 1.54) is 6.07 Å². The Morgan fingerprint density at radius 3 is 2.38 bits per heavy atom. The number of halogens is 2. The van der Waals surface area contributed by atoms with Crippen LogP contribution in [0, 0.1) is 0 Å². The van der Waals surface area contributed by atoms with Crippen molar-refractivity contribution in [1.82, 2.24) is 4.98 Å². The molecule has 0 aliphatic heterocycles. The molecule has 8 heteroatoms. The van der Waals surface area contributed by atoms with E-state index in [1.807, 2.05) is 12.1 Å². The summed E-state index contributed by atoms with van der Waals surface area (Å²) >= 11 is 6.94. The van der Waals surface area contributed by atoms with Crippen LogP contribution in [-0.4, -0.2) is 21.2 Å². The number of phenolic OH excluding ortho intramolecular Hbond substituents is 1. The van der Waals surface area contributed by atoms with Crippen molar-refractivity contribution < 1.29 is 19.7 Å². The highest BCUT2D eigenvalue weighted by Gasteiger charge is 2.13. The number of H-pyrrole nitrogens is 1. The van der Waals surface area contributed by atoms with Crippen LogP contribution in [0.3, 0.4) is 0 Å². The Morgan fingerprint density at radius 1 is 1.03 bits per heavy atom. The van der Waals surface area contributed by atoms with Gasteiger partial charge in [-0.1, -0.05) is 6.07 Å². The van der Waals surface area contributed by atoms with Gasteiger partial charge in [0.05, 0.1) is 8.95 Å². The van der Waals surface area contributed by atoms with Crippen molar-refractivity contribution in [2.75, 3.05) is 0 Å². The molecule has 0 saturated heterocycles. The second-order valence-electron chi connectivity index (χ2n) is 6.41. The normalized spacial score (nSPS) is 10.7. The molecule has 1 heterocycles. The number of hydrogen-bond donors (Lipinski definition) is 3. The van der Waals surface area contributed by atoms with Crippen LogP contribution in [0.25, 0.3) is 0 Å². The number of carbonyl (C=O) groups is 1. The van der Waals surface area contributed by atoms with Crippen molar-refractivity contribution in [2.24, 2.45) is 0 Å². The third-order valence-corrected chi connectivity index (χ3v) is 5.38. The van der Waals surface area contributed by atoms with Crippen molar-refractivity contribution in [3.8, 4) is 17.2 Å². The molecule has 3 aromatic rings. The molecule has 150 valence electrons. The number of aliphatic carboxylic acids is 1. The summed E-state index contributed by atoms with van der Waals surface area (Å²) in [7, 11) is 0. The molecule has 0 unspecified atom stereocenters. The zero-order chi connectivity index (χ0) is 21.0. The maximum absolute atomic E-state index is 11.2. The van der Waals surface area contributed by atoms with Gasteiger partial charge >= 0.3 is 5.97 Å². The topological polar surface area (TPSA) is 99.6 Å². The first kappa shape index (κ1) is 21.1. The second-order valence-corrected chi connectivity index (χ2v) is 8.12. The summed E-state index contributed by atoms with van der Waals surface area (Å²) in [6.45, 7) is 0. The summed E-state index contributed by atoms with van der Waals surface area (Å²) in [5, 5.41) is 19.0. The van der Waals surface area contributed by atoms with E-state index < -0.39 is 5.97 Å². The number of aromatic hydroxyl groups is 1. The molecule has 0 bridgehead atoms. The summed E-state index contributed by atoms with van der Waals surface area (Å²) in [5.74, 6) is 0.356. The number of ether oxygens (including phenoxy) is 1. The highest BCUT2D eigenvalue weighted by Crippen LogP contribution is 2.39. The number of phenols is 1. The highest BCUT2D eigenvalue weighted by molar-refractivity contribution is 9.11. The predicted molar refractivity (Wildman–Crippen MR) is 116 cm³/mol. The Balaban J connectivity index is 1.82. The maximum atomic E-state index is 11.2. The first-order valence-corrected chi connectivity index (χ1v) is 10.3. The zero-order valence-electron chi connectivity index (χ0n) is 15.1. The van der Waals surface area contributed by atoms with Crippen LogP contribution >= 0.6 is 31.9 Å². The van der Waals surface area contributed by atoms with Crippen LogP contribution in [0.1, 0.15) is 23.1 Å². The van der Waals surface area contributed by atoms with E-state index in [0.29, 0.717) is 38.8 Å². The molecule has 0 radical (unpaired) electrons. The van der Waals surface area contributed by atoms with Gasteiger partial charge in [0.1, 0.15) is 11.5 Å². The average molecular weight is 523 g/mol. The van der Waals surface area contributed by atoms with Gasteiger partial charge < -0.3 is 19.9 Å². The van der Waals surface area contributed by atoms with Gasteiger partial charge in [0.25, 0.3) is 0 Å². The molecule has 6 nitrogen and oxygen atoms in total. The largest absolute Gasteiger partial charge is 0.508 e. The Kier molecular flexibility index (Phi) is 6.76. The van der Waals surface area contributed by atoms with E-state index >= 15 is 0 Å². The third kappa shape index (κ3) is 5.71. The van der Waals surface area contributed by atoms with Crippen LogP contribution in [0.2, 0.25) is 0 Å². The summed E-state index contributed by atoms with van der Waals surface area (Å²) in [6.07, 6.45) is 2.50. The molecule has 1 aromatic heterocycles. The zero-order valence-corrected chi connectivity index (χ0v) is 18.3. The molecule has 0 fully saturated rings. The van der Waals surface area contributed by atoms with E-state index in [4.69, 9.17) is 9.84 Å². The smallest absolute Gasteiger partial charge is 0.303 e. The van der Waals surface area contributed by atoms with E-state index in [1.54, 1.807) is 30.5 Å². The fourth-order valence-corrected chi connectivity index (χ4v) is 4.21. The number of nitrogens with one attached hydrogen (secondary N) is 1. The van der Waals surface area contributed by atoms with E-state index in [0.717, 1.165) is 11.1 Å². The maximum Gasteiger partial charge on any atom is 0.303 e. The molecular formula is C21H17Br2NO5. The number of aromatic amines is 1. The Morgan fingerprint density at radius 2 is 1.76 bits per heavy atom. The second kappa shape index (κ2) is 9.28. The van der Waals surface area contributed by atoms with Gasteiger partial charge in [0, 0.05) is 30.7 Å². The Labute approximate surface area is 183 Å². The fourth-order valence-electron chi connectivity index (χ4n) is 2.76. The van der Waals surface area contributed by atoms with Crippen LogP contribution in [0.5, 0.6) is 17.2 Å². The lowest BCUT2D eigenvalue weighted by atomic mass is 10.1. The molecular weight excluding hydrogens is 506 g/mol. The van der Waals surface area contributed by atoms with Crippen LogP contribution in [-0.2, 0) is 17.6 Å². The number of carboxylic acids is 1. The van der Waals surface area contributed by atoms with Crippen molar-refractivity contribution in [3.63, 3.8) is 0 Å². The summed E-state index contributed by atoms with van der Waals surface area (Å²) < 4.78 is 7.36. The number of benzene rings is 2. The summed E-state index contributed by atoms with van der Waals surface area (Å²) in [5.41, 5.74) is 2.18. The number of pyridine rings is 1. The third-order valence-electron chi connectivity index (χ3n) is 4.20. The van der Waals surface area contributed by atoms with Gasteiger partial charge in [-0.05, 0) is 79.7 Å². The van der Waals surface area contributed by atoms with E-state index in [9.17, 15) is 14.7 Å². The first-order valence-electron chi connectivity index (χ1n) is 8.69. The average Bonchev–Trinajstić information content (AvgIpc) is 2.67. The minimum Gasteiger partial charge on any atom is -0.508 e. The molecule has 0 atom stereocenters. The lowest BCUT2D eigenvalue weighted by Crippen LogP contribution is -2.03. The van der Waals surface area contributed by atoms with Crippen molar-refractivity contribution >= 4 is 37.8 Å². The standard InChI is InChI=1S/C21H17Br2NO5/c22-16-8-12(2-6-20(27)28)9-17(23)21(16)29-15-3-4-18(25)14(10-15)7-13-1-5-19(26)24-11-13/h1,3-5,8-11,25H,2,6-7H2,(H,24,26)(H,27,28). The molecule has 3 rings (SSSR count). The van der Waals surface area contributed by atoms with Gasteiger partial charge in [0.15, 0.2) is 5.75 Å². The molecule has 3 N–H and O–H groups in total. The quantitative estimate of drug-likeness (QED) is 0.405. The molecule has 0 spiro atoms. The molecule has 0 saturated carbocycles. The van der Waals surface area contributed by atoms with Crippen LogP contribution in [0.15, 0.2) is 62.4 Å². The van der Waals surface area contributed by atoms with Crippen molar-refractivity contribution in [2.45, 2.75) is 19.3 Å². The molecule has 29 heavy (non-hydrogen) atoms. The van der Waals surface area contributed by atoms with Gasteiger partial charge in [-0.25, -0.2) is 0 Å². The Hall–Kier alpha value is -2.58. The minimum atomic E-state index is -0.850. The monoisotopic (exact) mass is 521 g/mol. The van der Waals surface area contributed by atoms with E-state index in [2.05, 4.69) is 36.8 Å². The minimum absolute atomic E-state index is 0.0468. The number of rotatable bonds is 7. The predicted octanol–water partition coefficient (Wildman–Crippen LogP) is 5.01. The Bertz CT molecular complexity index is 1070. The van der Waals surface area contributed by atoms with Gasteiger partial charge in [-0.15, -0.1) is 0 Å². The number of hydrogen-bond acceptors (Lipinski definition) is 4. The summed E-state index contributed by atoms with van der Waals surface area (Å²) in [6, 6.07) is 11.7. The molecule has 0 amide bonds. The SMILES string of the molecule is O=C(O)CCc1cc(Br)c(Oc2ccc(O)c(Cc3ccc(=O)[nH]c3)c2)c(Br)c1. The van der Waals surface area contributed by atoms with Crippen molar-refractivity contribution in [3.05, 3.63) is 84.7 Å². The molecule has 0 aliphatic rings. The van der Waals surface area contributed by atoms with Gasteiger partial charge in [-0.3, -0.25) is 9.59 Å². The highest BCUT2D eigenvalue weighted by atomic mass is 79.9. The molecule has 0 aliphatic carbocycles. The first-order chi connectivity index (χ1) is 13.8. The summed E-state index contributed by atoms with van der Waals surface area (Å²) in [4.78, 5) is 24.6. The van der Waals surface area contributed by atoms with Gasteiger partial charge in [0.2, 0.25) is 5.56 Å². The van der Waals surface area contributed by atoms with Crippen molar-refractivity contribution in [1.29, 1.82) is 0 Å². The van der Waals surface area contributed by atoms with Crippen LogP contribution < -0.4 is 10.3 Å². The fraction of sp³-hybridized carbons (Fsp3) is 0.143. The van der Waals surface area contributed by atoms with Crippen LogP contribution in [0.4, 0.5) is 0 Å². The molecule has 2 aromatic carbocycles. The van der Waals surface area contributed by atoms with E-state index in [-0.39, 0.29) is 17.7 Å². The lowest BCUT2D eigenvalue weighted by molar-refractivity contribution is -0.136. The lowest BCUT2D eigenvalue weighted by Gasteiger charge is -2.13.